The second-order valence-corrected chi connectivity index (χ2v) is 5.84. The molecule has 0 saturated heterocycles. The molecule has 0 fully saturated rings. The van der Waals surface area contributed by atoms with Crippen LogP contribution in [0.4, 0.5) is 0 Å². The molecule has 0 radical (unpaired) electrons. The van der Waals surface area contributed by atoms with Crippen molar-refractivity contribution in [2.45, 2.75) is 58.8 Å². The molecule has 0 aliphatic heterocycles. The van der Waals surface area contributed by atoms with E-state index in [9.17, 15) is 0 Å². The van der Waals surface area contributed by atoms with Gasteiger partial charge in [-0.05, 0) is 80.7 Å². The lowest BCUT2D eigenvalue weighted by Crippen LogP contribution is -2.14. The van der Waals surface area contributed by atoms with E-state index in [-0.39, 0.29) is 0 Å². The van der Waals surface area contributed by atoms with Gasteiger partial charge >= 0.3 is 0 Å². The molecule has 1 aromatic rings. The number of nitrogens with two attached hydrogens (primary N) is 1. The molecule has 0 bridgehead atoms. The number of fused-ring (bicyclic) bond motifs is 1. The van der Waals surface area contributed by atoms with Crippen LogP contribution in [0, 0.1) is 13.8 Å². The van der Waals surface area contributed by atoms with Crippen molar-refractivity contribution in [1.29, 1.82) is 0 Å². The number of benzene rings is 1. The molecule has 0 heterocycles. The third-order valence-electron chi connectivity index (χ3n) is 4.66. The van der Waals surface area contributed by atoms with Crippen molar-refractivity contribution in [2.24, 2.45) is 5.73 Å². The van der Waals surface area contributed by atoms with Crippen LogP contribution in [-0.2, 0) is 12.8 Å². The normalized spacial score (nSPS) is 16.1. The van der Waals surface area contributed by atoms with Gasteiger partial charge in [0.05, 0.1) is 7.11 Å². The third-order valence-corrected chi connectivity index (χ3v) is 4.66. The first-order valence-corrected chi connectivity index (χ1v) is 7.50. The summed E-state index contributed by atoms with van der Waals surface area (Å²) in [5.74, 6) is 1.59. The van der Waals surface area contributed by atoms with Crippen LogP contribution in [-0.4, -0.2) is 13.7 Å². The van der Waals surface area contributed by atoms with Gasteiger partial charge in [-0.25, -0.2) is 0 Å². The average molecular weight is 261 g/mol. The minimum atomic E-state index is 0.478. The molecule has 1 atom stereocenters. The zero-order valence-electron chi connectivity index (χ0n) is 12.8. The zero-order chi connectivity index (χ0) is 14.0. The SMILES string of the molecule is COc1c(C)c2c(c(C)c1C(C)CCN)CCCC2. The largest absolute Gasteiger partial charge is 0.496 e. The molecule has 0 saturated carbocycles. The summed E-state index contributed by atoms with van der Waals surface area (Å²) >= 11 is 0. The fourth-order valence-corrected chi connectivity index (χ4v) is 3.66. The molecular formula is C17H27NO. The zero-order valence-corrected chi connectivity index (χ0v) is 12.8. The number of hydrogen-bond donors (Lipinski definition) is 1. The summed E-state index contributed by atoms with van der Waals surface area (Å²) < 4.78 is 5.75. The van der Waals surface area contributed by atoms with Crippen molar-refractivity contribution < 1.29 is 4.74 Å². The van der Waals surface area contributed by atoms with Gasteiger partial charge in [0.15, 0.2) is 0 Å². The predicted molar refractivity (Wildman–Crippen MR) is 81.2 cm³/mol. The maximum absolute atomic E-state index is 5.75. The Morgan fingerprint density at radius 1 is 1.11 bits per heavy atom. The van der Waals surface area contributed by atoms with Crippen LogP contribution in [0.5, 0.6) is 5.75 Å². The Hall–Kier alpha value is -1.02. The summed E-state index contributed by atoms with van der Waals surface area (Å²) in [7, 11) is 1.80. The molecule has 0 amide bonds. The molecule has 0 aromatic heterocycles. The summed E-state index contributed by atoms with van der Waals surface area (Å²) in [5.41, 5.74) is 13.1. The van der Waals surface area contributed by atoms with Crippen LogP contribution in [0.3, 0.4) is 0 Å². The van der Waals surface area contributed by atoms with Crippen LogP contribution in [0.2, 0.25) is 0 Å². The molecule has 1 aliphatic rings. The summed E-state index contributed by atoms with van der Waals surface area (Å²) in [6, 6.07) is 0. The summed E-state index contributed by atoms with van der Waals surface area (Å²) in [6.45, 7) is 7.50. The molecule has 106 valence electrons. The van der Waals surface area contributed by atoms with E-state index in [2.05, 4.69) is 20.8 Å². The van der Waals surface area contributed by atoms with Gasteiger partial charge in [-0.3, -0.25) is 0 Å². The van der Waals surface area contributed by atoms with Gasteiger partial charge in [0.2, 0.25) is 0 Å². The van der Waals surface area contributed by atoms with Crippen molar-refractivity contribution in [1.82, 2.24) is 0 Å². The minimum absolute atomic E-state index is 0.478. The van der Waals surface area contributed by atoms with Crippen LogP contribution in [0.1, 0.15) is 59.9 Å². The topological polar surface area (TPSA) is 35.2 Å². The first kappa shape index (κ1) is 14.4. The highest BCUT2D eigenvalue weighted by Crippen LogP contribution is 2.41. The molecule has 1 aromatic carbocycles. The van der Waals surface area contributed by atoms with Gasteiger partial charge in [0.25, 0.3) is 0 Å². The standard InChI is InChI=1S/C17H27NO/c1-11(9-10-18)16-12(2)14-7-5-6-8-15(14)13(3)17(16)19-4/h11H,5-10,18H2,1-4H3. The maximum atomic E-state index is 5.75. The molecule has 1 unspecified atom stereocenters. The average Bonchev–Trinajstić information content (AvgIpc) is 2.42. The number of methoxy groups -OCH3 is 1. The molecule has 1 aliphatic carbocycles. The Bertz CT molecular complexity index is 465. The Labute approximate surface area is 117 Å². The monoisotopic (exact) mass is 261 g/mol. The van der Waals surface area contributed by atoms with Gasteiger partial charge in [0.1, 0.15) is 5.75 Å². The van der Waals surface area contributed by atoms with Crippen molar-refractivity contribution in [3.63, 3.8) is 0 Å². The quantitative estimate of drug-likeness (QED) is 0.898. The second-order valence-electron chi connectivity index (χ2n) is 5.84. The predicted octanol–water partition coefficient (Wildman–Crippen LogP) is 3.64. The highest BCUT2D eigenvalue weighted by molar-refractivity contribution is 5.57. The minimum Gasteiger partial charge on any atom is -0.496 e. The van der Waals surface area contributed by atoms with Crippen LogP contribution < -0.4 is 10.5 Å². The van der Waals surface area contributed by atoms with E-state index in [0.29, 0.717) is 5.92 Å². The summed E-state index contributed by atoms with van der Waals surface area (Å²) in [6.07, 6.45) is 6.10. The Balaban J connectivity index is 2.61. The van der Waals surface area contributed by atoms with Crippen LogP contribution in [0.25, 0.3) is 0 Å². The molecule has 19 heavy (non-hydrogen) atoms. The van der Waals surface area contributed by atoms with Gasteiger partial charge in [-0.15, -0.1) is 0 Å². The van der Waals surface area contributed by atoms with Crippen molar-refractivity contribution >= 4 is 0 Å². The van der Waals surface area contributed by atoms with E-state index in [0.717, 1.165) is 18.7 Å². The fourth-order valence-electron chi connectivity index (χ4n) is 3.66. The van der Waals surface area contributed by atoms with Gasteiger partial charge < -0.3 is 10.5 Å². The third kappa shape index (κ3) is 2.51. The molecule has 2 N–H and O–H groups in total. The lowest BCUT2D eigenvalue weighted by atomic mass is 9.79. The number of ether oxygens (including phenoxy) is 1. The van der Waals surface area contributed by atoms with Crippen molar-refractivity contribution in [2.75, 3.05) is 13.7 Å². The highest BCUT2D eigenvalue weighted by atomic mass is 16.5. The molecule has 2 heteroatoms. The Morgan fingerprint density at radius 2 is 1.68 bits per heavy atom. The Kier molecular flexibility index (Phi) is 4.51. The van der Waals surface area contributed by atoms with E-state index in [1.807, 2.05) is 0 Å². The van der Waals surface area contributed by atoms with Gasteiger partial charge in [0, 0.05) is 5.56 Å². The first-order valence-electron chi connectivity index (χ1n) is 7.50. The smallest absolute Gasteiger partial charge is 0.125 e. The molecule has 2 nitrogen and oxygen atoms in total. The second kappa shape index (κ2) is 5.96. The lowest BCUT2D eigenvalue weighted by molar-refractivity contribution is 0.400. The molecule has 0 spiro atoms. The van der Waals surface area contributed by atoms with E-state index < -0.39 is 0 Å². The summed E-state index contributed by atoms with van der Waals surface area (Å²) in [4.78, 5) is 0. The first-order chi connectivity index (χ1) is 9.11. The maximum Gasteiger partial charge on any atom is 0.125 e. The van der Waals surface area contributed by atoms with Gasteiger partial charge in [-0.1, -0.05) is 6.92 Å². The van der Waals surface area contributed by atoms with Crippen molar-refractivity contribution in [3.8, 4) is 5.75 Å². The number of rotatable bonds is 4. The van der Waals surface area contributed by atoms with E-state index in [4.69, 9.17) is 10.5 Å². The lowest BCUT2D eigenvalue weighted by Gasteiger charge is -2.28. The van der Waals surface area contributed by atoms with E-state index >= 15 is 0 Å². The van der Waals surface area contributed by atoms with Crippen molar-refractivity contribution in [3.05, 3.63) is 27.8 Å². The highest BCUT2D eigenvalue weighted by Gasteiger charge is 2.24. The Morgan fingerprint density at radius 3 is 2.21 bits per heavy atom. The fraction of sp³-hybridized carbons (Fsp3) is 0.647. The van der Waals surface area contributed by atoms with Crippen LogP contribution in [0.15, 0.2) is 0 Å². The van der Waals surface area contributed by atoms with E-state index in [1.54, 1.807) is 18.2 Å². The van der Waals surface area contributed by atoms with E-state index in [1.165, 1.54) is 42.4 Å². The van der Waals surface area contributed by atoms with Crippen LogP contribution >= 0.6 is 0 Å². The van der Waals surface area contributed by atoms with Gasteiger partial charge in [-0.2, -0.15) is 0 Å². The number of hydrogen-bond acceptors (Lipinski definition) is 2. The molecule has 2 rings (SSSR count). The molecular weight excluding hydrogens is 234 g/mol. The summed E-state index contributed by atoms with van der Waals surface area (Å²) in [5, 5.41) is 0.